The third-order valence-corrected chi connectivity index (χ3v) is 4.98. The van der Waals surface area contributed by atoms with Crippen molar-refractivity contribution in [1.29, 1.82) is 0 Å². The normalized spacial score (nSPS) is 12.8. The maximum Gasteiger partial charge on any atom is 0.416 e. The molecule has 0 saturated heterocycles. The van der Waals surface area contributed by atoms with Crippen LogP contribution in [0.1, 0.15) is 34.4 Å². The highest BCUT2D eigenvalue weighted by Crippen LogP contribution is 2.33. The van der Waals surface area contributed by atoms with Crippen LogP contribution in [0.4, 0.5) is 18.3 Å². The number of carbonyl (C=O) groups is 1. The molecule has 0 saturated carbocycles. The largest absolute Gasteiger partial charge is 0.461 e. The fraction of sp³-hybridized carbons (Fsp3) is 0.316. The van der Waals surface area contributed by atoms with Crippen LogP contribution in [-0.4, -0.2) is 28.4 Å². The van der Waals surface area contributed by atoms with E-state index in [1.165, 1.54) is 18.2 Å². The second-order valence-electron chi connectivity index (χ2n) is 6.52. The minimum Gasteiger partial charge on any atom is -0.461 e. The van der Waals surface area contributed by atoms with Gasteiger partial charge in [-0.25, -0.2) is 4.98 Å². The van der Waals surface area contributed by atoms with E-state index in [-0.39, 0.29) is 22.9 Å². The Kier molecular flexibility index (Phi) is 6.04. The number of aromatic nitrogens is 2. The molecule has 2 aromatic heterocycles. The van der Waals surface area contributed by atoms with Crippen molar-refractivity contribution in [3.05, 3.63) is 53.0 Å². The number of rotatable bonds is 6. The zero-order chi connectivity index (χ0) is 21.2. The molecule has 0 aliphatic carbocycles. The van der Waals surface area contributed by atoms with E-state index in [4.69, 9.17) is 4.42 Å². The molecule has 0 fully saturated rings. The van der Waals surface area contributed by atoms with Gasteiger partial charge >= 0.3 is 6.18 Å². The number of hydrogen-bond acceptors (Lipinski definition) is 6. The molecule has 3 aromatic rings. The van der Waals surface area contributed by atoms with Crippen LogP contribution >= 0.6 is 11.5 Å². The number of nitrogens with zero attached hydrogens (tertiary/aromatic N) is 2. The van der Waals surface area contributed by atoms with Crippen molar-refractivity contribution in [2.45, 2.75) is 32.5 Å². The van der Waals surface area contributed by atoms with Gasteiger partial charge < -0.3 is 9.73 Å². The Morgan fingerprint density at radius 2 is 2.07 bits per heavy atom. The van der Waals surface area contributed by atoms with E-state index in [0.29, 0.717) is 23.1 Å². The summed E-state index contributed by atoms with van der Waals surface area (Å²) < 4.78 is 48.5. The number of likely N-dealkylation sites (N-methyl/N-ethyl adjacent to an activating group) is 1. The highest BCUT2D eigenvalue weighted by atomic mass is 32.1. The number of furan rings is 1. The average molecular weight is 424 g/mol. The monoisotopic (exact) mass is 424 g/mol. The molecule has 2 heterocycles. The van der Waals surface area contributed by atoms with Crippen molar-refractivity contribution in [3.63, 3.8) is 0 Å². The smallest absolute Gasteiger partial charge is 0.416 e. The SMILES string of the molecule is CNC(C)Cc1nsc(NC(=O)c2cc(-c3cccc(C(F)(F)F)c3)oc2C)n1. The number of alkyl halides is 3. The first-order valence-electron chi connectivity index (χ1n) is 8.76. The molecule has 0 spiro atoms. The van der Waals surface area contributed by atoms with Crippen molar-refractivity contribution < 1.29 is 22.4 Å². The van der Waals surface area contributed by atoms with E-state index in [2.05, 4.69) is 20.0 Å². The van der Waals surface area contributed by atoms with E-state index < -0.39 is 17.6 Å². The summed E-state index contributed by atoms with van der Waals surface area (Å²) in [5, 5.41) is 6.08. The first-order valence-corrected chi connectivity index (χ1v) is 9.54. The van der Waals surface area contributed by atoms with Gasteiger partial charge in [0.15, 0.2) is 0 Å². The maximum absolute atomic E-state index is 12.9. The van der Waals surface area contributed by atoms with Gasteiger partial charge in [0, 0.05) is 29.6 Å². The second kappa shape index (κ2) is 8.34. The first-order chi connectivity index (χ1) is 13.7. The van der Waals surface area contributed by atoms with Gasteiger partial charge in [0.2, 0.25) is 5.13 Å². The predicted molar refractivity (Wildman–Crippen MR) is 104 cm³/mol. The lowest BCUT2D eigenvalue weighted by Crippen LogP contribution is -2.24. The number of amides is 1. The van der Waals surface area contributed by atoms with Crippen molar-refractivity contribution in [2.24, 2.45) is 0 Å². The van der Waals surface area contributed by atoms with Gasteiger partial charge in [0.1, 0.15) is 17.3 Å². The summed E-state index contributed by atoms with van der Waals surface area (Å²) in [5.74, 6) is 0.623. The molecule has 1 aromatic carbocycles. The summed E-state index contributed by atoms with van der Waals surface area (Å²) in [6.45, 7) is 3.57. The summed E-state index contributed by atoms with van der Waals surface area (Å²) in [6, 6.07) is 6.37. The fourth-order valence-corrected chi connectivity index (χ4v) is 3.22. The highest BCUT2D eigenvalue weighted by molar-refractivity contribution is 7.09. The van der Waals surface area contributed by atoms with Crippen LogP contribution in [0.2, 0.25) is 0 Å². The number of nitrogens with one attached hydrogen (secondary N) is 2. The molecule has 154 valence electrons. The molecule has 0 bridgehead atoms. The molecule has 3 rings (SSSR count). The Balaban J connectivity index is 1.77. The van der Waals surface area contributed by atoms with E-state index in [9.17, 15) is 18.0 Å². The highest BCUT2D eigenvalue weighted by Gasteiger charge is 2.30. The Bertz CT molecular complexity index is 1010. The van der Waals surface area contributed by atoms with Crippen LogP contribution in [0.15, 0.2) is 34.7 Å². The van der Waals surface area contributed by atoms with Gasteiger partial charge in [-0.3, -0.25) is 10.1 Å². The zero-order valence-electron chi connectivity index (χ0n) is 15.9. The Morgan fingerprint density at radius 3 is 2.76 bits per heavy atom. The van der Waals surface area contributed by atoms with E-state index in [1.54, 1.807) is 6.92 Å². The quantitative estimate of drug-likeness (QED) is 0.608. The molecule has 0 aliphatic heterocycles. The molecule has 1 amide bonds. The lowest BCUT2D eigenvalue weighted by Gasteiger charge is -2.07. The third kappa shape index (κ3) is 5.01. The van der Waals surface area contributed by atoms with Gasteiger partial charge in [-0.1, -0.05) is 12.1 Å². The number of halogens is 3. The summed E-state index contributed by atoms with van der Waals surface area (Å²) in [7, 11) is 1.84. The number of anilines is 1. The topological polar surface area (TPSA) is 80.0 Å². The summed E-state index contributed by atoms with van der Waals surface area (Å²) in [5.41, 5.74) is -0.328. The molecular formula is C19H19F3N4O2S. The van der Waals surface area contributed by atoms with Crippen LogP contribution in [0, 0.1) is 6.92 Å². The molecule has 0 aliphatic rings. The van der Waals surface area contributed by atoms with Gasteiger partial charge in [0.25, 0.3) is 5.91 Å². The van der Waals surface area contributed by atoms with Crippen molar-refractivity contribution in [1.82, 2.24) is 14.7 Å². The lowest BCUT2D eigenvalue weighted by atomic mass is 10.1. The van der Waals surface area contributed by atoms with Crippen LogP contribution in [-0.2, 0) is 12.6 Å². The summed E-state index contributed by atoms with van der Waals surface area (Å²) in [4.78, 5) is 16.8. The minimum absolute atomic E-state index is 0.180. The van der Waals surface area contributed by atoms with E-state index in [1.807, 2.05) is 14.0 Å². The summed E-state index contributed by atoms with van der Waals surface area (Å²) >= 11 is 1.06. The van der Waals surface area contributed by atoms with Gasteiger partial charge in [-0.15, -0.1) is 0 Å². The standard InChI is InChI=1S/C19H19F3N4O2S/c1-10(23-3)7-16-24-18(29-26-16)25-17(27)14-9-15(28-11(14)2)12-5-4-6-13(8-12)19(20,21)22/h4-6,8-10,23H,7H2,1-3H3,(H,24,25,26,27). The third-order valence-electron chi connectivity index (χ3n) is 4.31. The molecule has 0 radical (unpaired) electrons. The maximum atomic E-state index is 12.9. The fourth-order valence-electron chi connectivity index (χ4n) is 2.63. The van der Waals surface area contributed by atoms with Crippen LogP contribution in [0.5, 0.6) is 0 Å². The van der Waals surface area contributed by atoms with Gasteiger partial charge in [-0.05, 0) is 39.1 Å². The zero-order valence-corrected chi connectivity index (χ0v) is 16.7. The molecule has 10 heteroatoms. The molecule has 6 nitrogen and oxygen atoms in total. The predicted octanol–water partition coefficient (Wildman–Crippen LogP) is 4.53. The van der Waals surface area contributed by atoms with Crippen LogP contribution in [0.3, 0.4) is 0 Å². The van der Waals surface area contributed by atoms with Crippen molar-refractivity contribution in [3.8, 4) is 11.3 Å². The molecule has 29 heavy (non-hydrogen) atoms. The number of carbonyl (C=O) groups excluding carboxylic acids is 1. The van der Waals surface area contributed by atoms with Gasteiger partial charge in [0.05, 0.1) is 11.1 Å². The Labute approximate surface area is 169 Å². The van der Waals surface area contributed by atoms with E-state index in [0.717, 1.165) is 23.7 Å². The summed E-state index contributed by atoms with van der Waals surface area (Å²) in [6.07, 6.45) is -3.84. The molecule has 2 N–H and O–H groups in total. The van der Waals surface area contributed by atoms with Crippen LogP contribution < -0.4 is 10.6 Å². The van der Waals surface area contributed by atoms with Crippen molar-refractivity contribution in [2.75, 3.05) is 12.4 Å². The molecule has 1 unspecified atom stereocenters. The minimum atomic E-state index is -4.46. The number of aryl methyl sites for hydroxylation is 1. The van der Waals surface area contributed by atoms with Crippen molar-refractivity contribution >= 4 is 22.6 Å². The molecular weight excluding hydrogens is 405 g/mol. The van der Waals surface area contributed by atoms with Gasteiger partial charge in [-0.2, -0.15) is 17.5 Å². The number of benzene rings is 1. The molecule has 1 atom stereocenters. The second-order valence-corrected chi connectivity index (χ2v) is 7.27. The number of hydrogen-bond donors (Lipinski definition) is 2. The Morgan fingerprint density at radius 1 is 1.31 bits per heavy atom. The van der Waals surface area contributed by atoms with E-state index >= 15 is 0 Å². The Hall–Kier alpha value is -2.72. The lowest BCUT2D eigenvalue weighted by molar-refractivity contribution is -0.137. The van der Waals surface area contributed by atoms with Crippen LogP contribution in [0.25, 0.3) is 11.3 Å². The average Bonchev–Trinajstić information content (AvgIpc) is 3.27. The first kappa shape index (κ1) is 21.0.